The zero-order valence-electron chi connectivity index (χ0n) is 19.6. The zero-order chi connectivity index (χ0) is 24.5. The molecule has 2 fully saturated rings. The maximum atomic E-state index is 12.9. The Morgan fingerprint density at radius 3 is 2.26 bits per heavy atom. The lowest BCUT2D eigenvalue weighted by Crippen LogP contribution is -2.54. The minimum absolute atomic E-state index is 0.0358. The van der Waals surface area contributed by atoms with E-state index < -0.39 is 6.09 Å². The van der Waals surface area contributed by atoms with Crippen molar-refractivity contribution < 1.29 is 23.9 Å². The predicted molar refractivity (Wildman–Crippen MR) is 128 cm³/mol. The lowest BCUT2D eigenvalue weighted by molar-refractivity contribution is -0.142. The van der Waals surface area contributed by atoms with Crippen LogP contribution in [0.3, 0.4) is 0 Å². The quantitative estimate of drug-likeness (QED) is 0.285. The van der Waals surface area contributed by atoms with Gasteiger partial charge in [-0.2, -0.15) is 0 Å². The molecule has 10 heteroatoms. The molecule has 1 aromatic carbocycles. The molecule has 0 unspecified atom stereocenters. The van der Waals surface area contributed by atoms with E-state index in [1.165, 1.54) is 13.2 Å². The van der Waals surface area contributed by atoms with Crippen LogP contribution in [0, 0.1) is 11.3 Å². The van der Waals surface area contributed by atoms with E-state index in [0.29, 0.717) is 51.3 Å². The molecule has 0 atom stereocenters. The maximum Gasteiger partial charge on any atom is 0.413 e. The standard InChI is InChI=1S/C24H33N5O5/c1-3-16-34-23(31)26-22(25)19-4-6-20(7-5-19)27-12-14-29(15-13-27)24(32)28-10-8-18(9-11-28)17-21(30)33-2/h3-7,18H,1,8-17H2,2H3,(H2,25,26,31). The van der Waals surface area contributed by atoms with Crippen LogP contribution < -0.4 is 10.2 Å². The number of piperazine rings is 1. The number of nitrogens with zero attached hydrogens (tertiary/aromatic N) is 3. The molecule has 0 saturated carbocycles. The van der Waals surface area contributed by atoms with Crippen molar-refractivity contribution in [3.63, 3.8) is 0 Å². The molecule has 0 radical (unpaired) electrons. The molecule has 0 spiro atoms. The molecule has 0 bridgehead atoms. The number of amidine groups is 1. The fraction of sp³-hybridized carbons (Fsp3) is 0.500. The van der Waals surface area contributed by atoms with Crippen LogP contribution >= 0.6 is 0 Å². The third-order valence-electron chi connectivity index (χ3n) is 6.20. The van der Waals surface area contributed by atoms with Gasteiger partial charge in [-0.25, -0.2) is 9.59 Å². The monoisotopic (exact) mass is 471 g/mol. The number of amides is 3. The SMILES string of the molecule is C=CCOC(=O)NC(=N)c1ccc(N2CCN(C(=O)N3CCC(CC(=O)OC)CC3)CC2)cc1. The molecular formula is C24H33N5O5. The van der Waals surface area contributed by atoms with Crippen LogP contribution in [-0.2, 0) is 14.3 Å². The number of carbonyl (C=O) groups is 3. The van der Waals surface area contributed by atoms with E-state index in [4.69, 9.17) is 14.9 Å². The summed E-state index contributed by atoms with van der Waals surface area (Å²) in [6.07, 6.45) is 2.83. The number of benzene rings is 1. The molecule has 2 heterocycles. The Balaban J connectivity index is 1.44. The second-order valence-electron chi connectivity index (χ2n) is 8.40. The van der Waals surface area contributed by atoms with Crippen LogP contribution in [0.1, 0.15) is 24.8 Å². The molecule has 1 aromatic rings. The smallest absolute Gasteiger partial charge is 0.413 e. The van der Waals surface area contributed by atoms with Gasteiger partial charge in [-0.3, -0.25) is 15.5 Å². The van der Waals surface area contributed by atoms with Gasteiger partial charge in [0.25, 0.3) is 0 Å². The molecule has 34 heavy (non-hydrogen) atoms. The number of carbonyl (C=O) groups excluding carboxylic acids is 3. The van der Waals surface area contributed by atoms with Gasteiger partial charge >= 0.3 is 18.1 Å². The van der Waals surface area contributed by atoms with E-state index >= 15 is 0 Å². The van der Waals surface area contributed by atoms with Crippen LogP contribution in [0.2, 0.25) is 0 Å². The molecule has 0 aromatic heterocycles. The Bertz CT molecular complexity index is 888. The molecule has 10 nitrogen and oxygen atoms in total. The Morgan fingerprint density at radius 1 is 1.06 bits per heavy atom. The highest BCUT2D eigenvalue weighted by molar-refractivity contribution is 6.04. The van der Waals surface area contributed by atoms with E-state index in [9.17, 15) is 14.4 Å². The van der Waals surface area contributed by atoms with E-state index in [1.807, 2.05) is 21.9 Å². The number of esters is 1. The molecule has 2 aliphatic heterocycles. The van der Waals surface area contributed by atoms with Gasteiger partial charge in [0.2, 0.25) is 0 Å². The summed E-state index contributed by atoms with van der Waals surface area (Å²) in [7, 11) is 1.40. The number of piperidine rings is 1. The Labute approximate surface area is 200 Å². The second kappa shape index (κ2) is 12.1. The van der Waals surface area contributed by atoms with Crippen molar-refractivity contribution in [1.82, 2.24) is 15.1 Å². The van der Waals surface area contributed by atoms with E-state index in [0.717, 1.165) is 18.5 Å². The number of alkyl carbamates (subject to hydrolysis) is 1. The van der Waals surface area contributed by atoms with Gasteiger partial charge in [0.15, 0.2) is 0 Å². The lowest BCUT2D eigenvalue weighted by Gasteiger charge is -2.40. The number of methoxy groups -OCH3 is 1. The molecule has 2 aliphatic rings. The Kier molecular flexibility index (Phi) is 8.89. The molecular weight excluding hydrogens is 438 g/mol. The van der Waals surface area contributed by atoms with Crippen LogP contribution in [0.15, 0.2) is 36.9 Å². The minimum Gasteiger partial charge on any atom is -0.469 e. The molecule has 2 saturated heterocycles. The van der Waals surface area contributed by atoms with Crippen LogP contribution in [0.5, 0.6) is 0 Å². The van der Waals surface area contributed by atoms with Gasteiger partial charge < -0.3 is 24.2 Å². The van der Waals surface area contributed by atoms with Crippen molar-refractivity contribution in [2.75, 3.05) is 57.9 Å². The summed E-state index contributed by atoms with van der Waals surface area (Å²) in [4.78, 5) is 42.0. The van der Waals surface area contributed by atoms with Gasteiger partial charge in [0, 0.05) is 56.9 Å². The maximum absolute atomic E-state index is 12.9. The van der Waals surface area contributed by atoms with Crippen molar-refractivity contribution >= 4 is 29.6 Å². The fourth-order valence-corrected chi connectivity index (χ4v) is 4.19. The van der Waals surface area contributed by atoms with Crippen LogP contribution in [-0.4, -0.2) is 86.7 Å². The van der Waals surface area contributed by atoms with Crippen molar-refractivity contribution in [3.8, 4) is 0 Å². The van der Waals surface area contributed by atoms with Gasteiger partial charge in [0.1, 0.15) is 12.4 Å². The average molecular weight is 472 g/mol. The van der Waals surface area contributed by atoms with Crippen molar-refractivity contribution in [1.29, 1.82) is 5.41 Å². The predicted octanol–water partition coefficient (Wildman–Crippen LogP) is 2.44. The Morgan fingerprint density at radius 2 is 1.68 bits per heavy atom. The number of ether oxygens (including phenoxy) is 2. The number of hydrogen-bond donors (Lipinski definition) is 2. The van der Waals surface area contributed by atoms with Crippen molar-refractivity contribution in [2.24, 2.45) is 5.92 Å². The van der Waals surface area contributed by atoms with E-state index in [1.54, 1.807) is 12.1 Å². The number of nitrogens with one attached hydrogen (secondary N) is 2. The van der Waals surface area contributed by atoms with Gasteiger partial charge in [-0.15, -0.1) is 0 Å². The number of hydrogen-bond acceptors (Lipinski definition) is 7. The van der Waals surface area contributed by atoms with Gasteiger partial charge in [-0.1, -0.05) is 12.7 Å². The normalized spacial score (nSPS) is 16.6. The van der Waals surface area contributed by atoms with E-state index in [-0.39, 0.29) is 30.4 Å². The third kappa shape index (κ3) is 6.72. The summed E-state index contributed by atoms with van der Waals surface area (Å²) in [6, 6.07) is 7.44. The second-order valence-corrected chi connectivity index (χ2v) is 8.40. The fourth-order valence-electron chi connectivity index (χ4n) is 4.19. The topological polar surface area (TPSA) is 115 Å². The van der Waals surface area contributed by atoms with Crippen LogP contribution in [0.25, 0.3) is 0 Å². The molecule has 3 amide bonds. The molecule has 184 valence electrons. The molecule has 3 rings (SSSR count). The van der Waals surface area contributed by atoms with Gasteiger partial charge in [-0.05, 0) is 43.0 Å². The summed E-state index contributed by atoms with van der Waals surface area (Å²) >= 11 is 0. The summed E-state index contributed by atoms with van der Waals surface area (Å²) in [5.74, 6) is 0.0604. The summed E-state index contributed by atoms with van der Waals surface area (Å²) < 4.78 is 9.58. The first-order valence-electron chi connectivity index (χ1n) is 11.5. The highest BCUT2D eigenvalue weighted by atomic mass is 16.5. The van der Waals surface area contributed by atoms with Crippen molar-refractivity contribution in [2.45, 2.75) is 19.3 Å². The molecule has 0 aliphatic carbocycles. The molecule has 2 N–H and O–H groups in total. The summed E-state index contributed by atoms with van der Waals surface area (Å²) in [5, 5.41) is 10.4. The van der Waals surface area contributed by atoms with Crippen molar-refractivity contribution in [3.05, 3.63) is 42.5 Å². The van der Waals surface area contributed by atoms with E-state index in [2.05, 4.69) is 16.8 Å². The number of rotatable bonds is 6. The number of likely N-dealkylation sites (tertiary alicyclic amines) is 1. The first-order chi connectivity index (χ1) is 16.4. The first-order valence-corrected chi connectivity index (χ1v) is 11.5. The number of anilines is 1. The Hall–Kier alpha value is -3.56. The average Bonchev–Trinajstić information content (AvgIpc) is 2.87. The lowest BCUT2D eigenvalue weighted by atomic mass is 9.94. The summed E-state index contributed by atoms with van der Waals surface area (Å²) in [5.41, 5.74) is 1.57. The largest absolute Gasteiger partial charge is 0.469 e. The first kappa shape index (κ1) is 25.1. The summed E-state index contributed by atoms with van der Waals surface area (Å²) in [6.45, 7) is 7.60. The van der Waals surface area contributed by atoms with Gasteiger partial charge in [0.05, 0.1) is 7.11 Å². The van der Waals surface area contributed by atoms with Crippen LogP contribution in [0.4, 0.5) is 15.3 Å². The highest BCUT2D eigenvalue weighted by Gasteiger charge is 2.29. The zero-order valence-corrected chi connectivity index (χ0v) is 19.6. The third-order valence-corrected chi connectivity index (χ3v) is 6.20. The highest BCUT2D eigenvalue weighted by Crippen LogP contribution is 2.23. The number of urea groups is 1. The minimum atomic E-state index is -0.692.